The van der Waals surface area contributed by atoms with E-state index in [2.05, 4.69) is 5.32 Å². The van der Waals surface area contributed by atoms with Gasteiger partial charge in [-0.1, -0.05) is 0 Å². The molecule has 0 aromatic heterocycles. The molecule has 1 aromatic rings. The van der Waals surface area contributed by atoms with Gasteiger partial charge >= 0.3 is 141 Å². The topological polar surface area (TPSA) is 164 Å². The van der Waals surface area contributed by atoms with Crippen molar-refractivity contribution in [1.82, 2.24) is 5.32 Å². The van der Waals surface area contributed by atoms with Crippen LogP contribution in [-0.4, -0.2) is 42.2 Å². The summed E-state index contributed by atoms with van der Waals surface area (Å²) >= 11 is 1.35. The van der Waals surface area contributed by atoms with Crippen molar-refractivity contribution < 1.29 is 63.3 Å². The van der Waals surface area contributed by atoms with Crippen LogP contribution < -0.4 is 8.59 Å². The van der Waals surface area contributed by atoms with Crippen LogP contribution in [-0.2, 0) is 9.13 Å². The summed E-state index contributed by atoms with van der Waals surface area (Å²) in [6.07, 6.45) is -0.997. The average molecular weight is 548 g/mol. The quantitative estimate of drug-likeness (QED) is 0.246. The van der Waals surface area contributed by atoms with Crippen LogP contribution in [0.4, 0.5) is 0 Å². The number of benzene rings is 1. The summed E-state index contributed by atoms with van der Waals surface area (Å²) in [6, 6.07) is 6.53. The fourth-order valence-corrected chi connectivity index (χ4v) is 4.44. The summed E-state index contributed by atoms with van der Waals surface area (Å²) in [5.41, 5.74) is 0.288. The van der Waals surface area contributed by atoms with Crippen molar-refractivity contribution >= 4 is 24.4 Å². The number of hydrogen-bond acceptors (Lipinski definition) is 4. The molecule has 0 radical (unpaired) electrons. The van der Waals surface area contributed by atoms with Crippen molar-refractivity contribution in [2.24, 2.45) is 0 Å². The molecule has 22 heavy (non-hydrogen) atoms. The molecule has 0 fully saturated rings. The van der Waals surface area contributed by atoms with Gasteiger partial charge in [0, 0.05) is 0 Å². The van der Waals surface area contributed by atoms with Gasteiger partial charge < -0.3 is 0 Å². The maximum absolute atomic E-state index is 11.8. The molecular weight excluding hydrogens is 534 g/mol. The van der Waals surface area contributed by atoms with Crippen LogP contribution in [0.25, 0.3) is 0 Å². The molecule has 0 heterocycles. The van der Waals surface area contributed by atoms with Crippen LogP contribution in [0.3, 0.4) is 0 Å². The molecule has 1 rings (SSSR count). The van der Waals surface area contributed by atoms with Crippen molar-refractivity contribution in [2.45, 2.75) is 11.5 Å². The van der Waals surface area contributed by atoms with E-state index in [9.17, 15) is 19.0 Å². The normalized spacial score (nSPS) is 13.0. The van der Waals surface area contributed by atoms with Crippen LogP contribution in [0.15, 0.2) is 24.3 Å². The summed E-state index contributed by atoms with van der Waals surface area (Å²) in [4.78, 5) is 47.6. The van der Waals surface area contributed by atoms with Gasteiger partial charge in [0.1, 0.15) is 0 Å². The molecule has 0 saturated heterocycles. The zero-order valence-electron chi connectivity index (χ0n) is 11.0. The van der Waals surface area contributed by atoms with E-state index in [1.54, 1.807) is 18.2 Å². The zero-order chi connectivity index (χ0) is 17.2. The molecule has 0 saturated carbocycles. The van der Waals surface area contributed by atoms with Crippen molar-refractivity contribution in [2.75, 3.05) is 6.54 Å². The Labute approximate surface area is 140 Å². The van der Waals surface area contributed by atoms with Gasteiger partial charge in [-0.25, -0.2) is 0 Å². The second kappa shape index (κ2) is 7.16. The van der Waals surface area contributed by atoms with Crippen LogP contribution in [0.2, 0.25) is 0 Å². The molecule has 0 unspecified atom stereocenters. The Kier molecular flexibility index (Phi) is 6.47. The first-order valence-electron chi connectivity index (χ1n) is 5.76. The Morgan fingerprint density at radius 1 is 1.18 bits per heavy atom. The third kappa shape index (κ3) is 4.66. The van der Waals surface area contributed by atoms with Crippen molar-refractivity contribution in [3.63, 3.8) is 0 Å². The Hall–Kier alpha value is -0.167. The second-order valence-corrected chi connectivity index (χ2v) is 10.1. The number of aliphatic hydroxyl groups is 1. The number of carbonyl (C=O) groups excluding carboxylic acids is 1. The summed E-state index contributed by atoms with van der Waals surface area (Å²) in [7, 11) is -11.0. The van der Waals surface area contributed by atoms with Crippen LogP contribution in [0, 0.1) is 24.7 Å². The van der Waals surface area contributed by atoms with Crippen LogP contribution in [0.1, 0.15) is 16.8 Å². The molecule has 0 spiro atoms. The Morgan fingerprint density at radius 3 is 2.18 bits per heavy atom. The molecule has 9 nitrogen and oxygen atoms in total. The fourth-order valence-electron chi connectivity index (χ4n) is 1.54. The van der Waals surface area contributed by atoms with E-state index in [-0.39, 0.29) is 5.56 Å². The molecule has 1 amide bonds. The zero-order valence-corrected chi connectivity index (χ0v) is 15.7. The van der Waals surface area contributed by atoms with Crippen molar-refractivity contribution in [3.05, 3.63) is 29.8 Å². The molecule has 6 N–H and O–H groups in total. The number of rotatable bonds is 6. The summed E-state index contributed by atoms with van der Waals surface area (Å²) in [5.74, 6) is -0.586. The van der Waals surface area contributed by atoms with E-state index in [0.717, 1.165) is 3.27 Å². The van der Waals surface area contributed by atoms with Gasteiger partial charge in [-0.05, 0) is 0 Å². The van der Waals surface area contributed by atoms with E-state index >= 15 is 0 Å². The summed E-state index contributed by atoms with van der Waals surface area (Å²) in [5, 5.41) is 8.36. The van der Waals surface area contributed by atoms with Gasteiger partial charge in [0.15, 0.2) is 0 Å². The molecule has 12 heteroatoms. The van der Waals surface area contributed by atoms with Gasteiger partial charge in [0.05, 0.1) is 0 Å². The van der Waals surface area contributed by atoms with E-state index in [4.69, 9.17) is 19.6 Å². The first kappa shape index (κ1) is 19.9. The molecule has 0 atom stereocenters. The molecule has 124 valence electrons. The standard InChI is InChI=1S/C10H14AtNO8P2/c11-8-3-1-2-7(6-8)9(13)12-5-4-10(14,21(15,16)17)22(18,19)20/h1-3,6,14H,4-5H2,(H,12,13)(H2,15,16,17)(H2,18,19,20). The molecular formula is C10H14AtNO8P2. The molecule has 0 aliphatic heterocycles. The van der Waals surface area contributed by atoms with Gasteiger partial charge in [-0.2, -0.15) is 0 Å². The predicted octanol–water partition coefficient (Wildman–Crippen LogP) is -1.02. The minimum absolute atomic E-state index is 0.288. The van der Waals surface area contributed by atoms with Crippen molar-refractivity contribution in [1.29, 1.82) is 0 Å². The van der Waals surface area contributed by atoms with Gasteiger partial charge in [0.2, 0.25) is 0 Å². The number of nitrogens with one attached hydrogen (secondary N) is 1. The SMILES string of the molecule is O=C(NCCC(O)(P(=O)(O)O)P(=O)(O)O)c1cccc([At])c1. The third-order valence-electron chi connectivity index (χ3n) is 2.77. The van der Waals surface area contributed by atoms with Crippen molar-refractivity contribution in [3.8, 4) is 0 Å². The first-order valence-corrected chi connectivity index (χ1v) is 10.5. The Morgan fingerprint density at radius 2 is 1.73 bits per heavy atom. The fraction of sp³-hybridized carbons (Fsp3) is 0.300. The summed E-state index contributed by atoms with van der Waals surface area (Å²) in [6.45, 7) is -0.524. The average Bonchev–Trinajstić information content (AvgIpc) is 2.35. The van der Waals surface area contributed by atoms with Gasteiger partial charge in [0.25, 0.3) is 0 Å². The van der Waals surface area contributed by atoms with E-state index in [1.165, 1.54) is 30.8 Å². The molecule has 0 aliphatic rings. The first-order chi connectivity index (χ1) is 9.88. The van der Waals surface area contributed by atoms with E-state index < -0.39 is 39.1 Å². The molecule has 0 bridgehead atoms. The Balaban J connectivity index is 2.78. The monoisotopic (exact) mass is 548 g/mol. The second-order valence-electron chi connectivity index (χ2n) is 4.38. The predicted molar refractivity (Wildman–Crippen MR) is 72.1 cm³/mol. The van der Waals surface area contributed by atoms with Crippen LogP contribution in [0.5, 0.6) is 0 Å². The van der Waals surface area contributed by atoms with E-state index in [1.807, 2.05) is 0 Å². The van der Waals surface area contributed by atoms with E-state index in [0.29, 0.717) is 0 Å². The number of hydrogen-bond donors (Lipinski definition) is 6. The third-order valence-corrected chi connectivity index (χ3v) is 7.56. The maximum atomic E-state index is 11.8. The summed E-state index contributed by atoms with van der Waals surface area (Å²) < 4.78 is 23.1. The van der Waals surface area contributed by atoms with Gasteiger partial charge in [-0.3, -0.25) is 0 Å². The van der Waals surface area contributed by atoms with Crippen LogP contribution >= 0.6 is 15.2 Å². The molecule has 0 aliphatic carbocycles. The molecule has 1 aromatic carbocycles. The minimum atomic E-state index is -5.51. The Bertz CT molecular complexity index is 632. The van der Waals surface area contributed by atoms with Gasteiger partial charge in [-0.15, -0.1) is 0 Å². The number of amides is 1. The number of carbonyl (C=O) groups is 1.